The standard InChI is InChI=1S/C16H17BrN2O2/c1-16(10-20,12-5-3-2-4-6-12)19-15(21)11-7-8-13(17)14(18)9-11/h2-9,20H,10,18H2,1H3,(H,19,21). The van der Waals surface area contributed by atoms with E-state index in [2.05, 4.69) is 21.2 Å². The zero-order valence-electron chi connectivity index (χ0n) is 11.6. The summed E-state index contributed by atoms with van der Waals surface area (Å²) in [5, 5.41) is 12.5. The Morgan fingerprint density at radius 1 is 1.29 bits per heavy atom. The molecule has 1 amide bonds. The number of aliphatic hydroxyl groups is 1. The number of nitrogen functional groups attached to an aromatic ring is 1. The maximum absolute atomic E-state index is 12.4. The molecule has 2 aromatic rings. The van der Waals surface area contributed by atoms with E-state index in [0.29, 0.717) is 11.3 Å². The number of hydrogen-bond acceptors (Lipinski definition) is 3. The van der Waals surface area contributed by atoms with E-state index in [1.54, 1.807) is 25.1 Å². The van der Waals surface area contributed by atoms with Crippen molar-refractivity contribution in [2.45, 2.75) is 12.5 Å². The normalized spacial score (nSPS) is 13.5. The summed E-state index contributed by atoms with van der Waals surface area (Å²) in [6.45, 7) is 1.58. The van der Waals surface area contributed by atoms with Gasteiger partial charge in [-0.3, -0.25) is 4.79 Å². The second-order valence-corrected chi connectivity index (χ2v) is 5.90. The Morgan fingerprint density at radius 3 is 2.52 bits per heavy atom. The van der Waals surface area contributed by atoms with Gasteiger partial charge in [-0.1, -0.05) is 30.3 Å². The highest BCUT2D eigenvalue weighted by Crippen LogP contribution is 2.23. The molecule has 1 atom stereocenters. The van der Waals surface area contributed by atoms with Gasteiger partial charge in [0, 0.05) is 15.7 Å². The number of hydrogen-bond donors (Lipinski definition) is 3. The van der Waals surface area contributed by atoms with Gasteiger partial charge in [0.15, 0.2) is 0 Å². The molecule has 4 nitrogen and oxygen atoms in total. The van der Waals surface area contributed by atoms with Crippen molar-refractivity contribution < 1.29 is 9.90 Å². The van der Waals surface area contributed by atoms with Crippen LogP contribution in [0.3, 0.4) is 0 Å². The lowest BCUT2D eigenvalue weighted by Gasteiger charge is -2.29. The first kappa shape index (κ1) is 15.5. The lowest BCUT2D eigenvalue weighted by atomic mass is 9.92. The van der Waals surface area contributed by atoms with Crippen LogP contribution in [0.5, 0.6) is 0 Å². The quantitative estimate of drug-likeness (QED) is 0.743. The number of anilines is 1. The van der Waals surface area contributed by atoms with Crippen molar-refractivity contribution in [2.75, 3.05) is 12.3 Å². The van der Waals surface area contributed by atoms with Gasteiger partial charge in [-0.15, -0.1) is 0 Å². The molecule has 110 valence electrons. The molecule has 0 aromatic heterocycles. The van der Waals surface area contributed by atoms with Crippen LogP contribution in [-0.4, -0.2) is 17.6 Å². The number of benzene rings is 2. The monoisotopic (exact) mass is 348 g/mol. The molecule has 4 N–H and O–H groups in total. The minimum atomic E-state index is -0.847. The Bertz CT molecular complexity index is 646. The van der Waals surface area contributed by atoms with Gasteiger partial charge in [-0.05, 0) is 46.6 Å². The number of halogens is 1. The number of nitrogens with two attached hydrogens (primary N) is 1. The molecule has 0 spiro atoms. The van der Waals surface area contributed by atoms with Gasteiger partial charge in [0.1, 0.15) is 0 Å². The summed E-state index contributed by atoms with van der Waals surface area (Å²) in [7, 11) is 0. The molecule has 0 saturated heterocycles. The second kappa shape index (κ2) is 6.28. The Kier molecular flexibility index (Phi) is 4.65. The van der Waals surface area contributed by atoms with Crippen LogP contribution in [0, 0.1) is 0 Å². The fourth-order valence-corrected chi connectivity index (χ4v) is 2.26. The summed E-state index contributed by atoms with van der Waals surface area (Å²) in [6, 6.07) is 14.4. The second-order valence-electron chi connectivity index (χ2n) is 5.05. The summed E-state index contributed by atoms with van der Waals surface area (Å²) in [4.78, 5) is 12.4. The molecule has 0 aliphatic carbocycles. The predicted octanol–water partition coefficient (Wildman–Crippen LogP) is 2.67. The van der Waals surface area contributed by atoms with Gasteiger partial charge in [0.2, 0.25) is 0 Å². The zero-order chi connectivity index (χ0) is 15.5. The van der Waals surface area contributed by atoms with E-state index in [1.165, 1.54) is 0 Å². The van der Waals surface area contributed by atoms with Crippen LogP contribution in [0.1, 0.15) is 22.8 Å². The SMILES string of the molecule is CC(CO)(NC(=O)c1ccc(Br)c(N)c1)c1ccccc1. The van der Waals surface area contributed by atoms with E-state index in [9.17, 15) is 9.90 Å². The molecule has 0 radical (unpaired) electrons. The molecule has 0 fully saturated rings. The minimum absolute atomic E-state index is 0.200. The van der Waals surface area contributed by atoms with E-state index in [4.69, 9.17) is 5.73 Å². The van der Waals surface area contributed by atoms with Crippen LogP contribution in [-0.2, 0) is 5.54 Å². The predicted molar refractivity (Wildman–Crippen MR) is 86.9 cm³/mol. The lowest BCUT2D eigenvalue weighted by Crippen LogP contribution is -2.46. The summed E-state index contributed by atoms with van der Waals surface area (Å²) in [5.74, 6) is -0.283. The minimum Gasteiger partial charge on any atom is -0.398 e. The summed E-state index contributed by atoms with van der Waals surface area (Å²) in [6.07, 6.45) is 0. The number of nitrogens with one attached hydrogen (secondary N) is 1. The largest absolute Gasteiger partial charge is 0.398 e. The van der Waals surface area contributed by atoms with Gasteiger partial charge < -0.3 is 16.2 Å². The van der Waals surface area contributed by atoms with E-state index < -0.39 is 5.54 Å². The van der Waals surface area contributed by atoms with Gasteiger partial charge in [-0.25, -0.2) is 0 Å². The van der Waals surface area contributed by atoms with Crippen LogP contribution in [0.2, 0.25) is 0 Å². The number of carbonyl (C=O) groups excluding carboxylic acids is 1. The first-order valence-corrected chi connectivity index (χ1v) is 7.29. The molecular weight excluding hydrogens is 332 g/mol. The fourth-order valence-electron chi connectivity index (χ4n) is 2.02. The Morgan fingerprint density at radius 2 is 1.95 bits per heavy atom. The van der Waals surface area contributed by atoms with Crippen molar-refractivity contribution in [3.8, 4) is 0 Å². The molecule has 2 rings (SSSR count). The maximum Gasteiger partial charge on any atom is 0.252 e. The van der Waals surface area contributed by atoms with Crippen molar-refractivity contribution >= 4 is 27.5 Å². The summed E-state index contributed by atoms with van der Waals surface area (Å²) >= 11 is 3.29. The van der Waals surface area contributed by atoms with Crippen molar-refractivity contribution in [1.29, 1.82) is 0 Å². The van der Waals surface area contributed by atoms with Gasteiger partial charge >= 0.3 is 0 Å². The molecule has 21 heavy (non-hydrogen) atoms. The average Bonchev–Trinajstić information content (AvgIpc) is 2.50. The molecule has 0 saturated carbocycles. The van der Waals surface area contributed by atoms with E-state index >= 15 is 0 Å². The van der Waals surface area contributed by atoms with Crippen molar-refractivity contribution in [2.24, 2.45) is 0 Å². The van der Waals surface area contributed by atoms with Crippen LogP contribution in [0.25, 0.3) is 0 Å². The van der Waals surface area contributed by atoms with Crippen molar-refractivity contribution in [3.63, 3.8) is 0 Å². The molecule has 0 aliphatic heterocycles. The van der Waals surface area contributed by atoms with Gasteiger partial charge in [0.05, 0.1) is 12.1 Å². The van der Waals surface area contributed by atoms with Crippen LogP contribution < -0.4 is 11.1 Å². The van der Waals surface area contributed by atoms with Gasteiger partial charge in [-0.2, -0.15) is 0 Å². The zero-order valence-corrected chi connectivity index (χ0v) is 13.2. The number of amides is 1. The third-order valence-corrected chi connectivity index (χ3v) is 4.10. The number of rotatable bonds is 4. The Hall–Kier alpha value is -1.85. The smallest absolute Gasteiger partial charge is 0.252 e. The average molecular weight is 349 g/mol. The van der Waals surface area contributed by atoms with Crippen LogP contribution >= 0.6 is 15.9 Å². The summed E-state index contributed by atoms with van der Waals surface area (Å²) < 4.78 is 0.743. The van der Waals surface area contributed by atoms with Crippen LogP contribution in [0.4, 0.5) is 5.69 Å². The molecule has 2 aromatic carbocycles. The molecule has 1 unspecified atom stereocenters. The van der Waals surface area contributed by atoms with E-state index in [0.717, 1.165) is 10.0 Å². The highest BCUT2D eigenvalue weighted by Gasteiger charge is 2.28. The Balaban J connectivity index is 2.26. The molecule has 0 heterocycles. The highest BCUT2D eigenvalue weighted by atomic mass is 79.9. The molecular formula is C16H17BrN2O2. The third kappa shape index (κ3) is 3.43. The number of carbonyl (C=O) groups is 1. The molecule has 0 bridgehead atoms. The van der Waals surface area contributed by atoms with Gasteiger partial charge in [0.25, 0.3) is 5.91 Å². The summed E-state index contributed by atoms with van der Waals surface area (Å²) in [5.41, 5.74) is 6.73. The third-order valence-electron chi connectivity index (χ3n) is 3.37. The van der Waals surface area contributed by atoms with Crippen molar-refractivity contribution in [1.82, 2.24) is 5.32 Å². The van der Waals surface area contributed by atoms with E-state index in [-0.39, 0.29) is 12.5 Å². The van der Waals surface area contributed by atoms with Crippen LogP contribution in [0.15, 0.2) is 53.0 Å². The highest BCUT2D eigenvalue weighted by molar-refractivity contribution is 9.10. The van der Waals surface area contributed by atoms with E-state index in [1.807, 2.05) is 30.3 Å². The van der Waals surface area contributed by atoms with Crippen molar-refractivity contribution in [3.05, 3.63) is 64.1 Å². The Labute approximate surface area is 132 Å². The number of aliphatic hydroxyl groups excluding tert-OH is 1. The maximum atomic E-state index is 12.4. The topological polar surface area (TPSA) is 75.3 Å². The first-order chi connectivity index (χ1) is 9.96. The molecule has 0 aliphatic rings. The fraction of sp³-hybridized carbons (Fsp3) is 0.188. The lowest BCUT2D eigenvalue weighted by molar-refractivity contribution is 0.0849. The molecule has 5 heteroatoms. The first-order valence-electron chi connectivity index (χ1n) is 6.50.